The molecule has 0 radical (unpaired) electrons. The molecule has 0 bridgehead atoms. The number of nitrogens with one attached hydrogen (secondary N) is 2. The predicted octanol–water partition coefficient (Wildman–Crippen LogP) is 2.80. The molecule has 0 aliphatic rings. The van der Waals surface area contributed by atoms with Crippen LogP contribution in [0.3, 0.4) is 0 Å². The molecule has 0 aliphatic carbocycles. The highest BCUT2D eigenvalue weighted by Gasteiger charge is 2.16. The molecule has 0 saturated heterocycles. The molecule has 0 amide bonds. The van der Waals surface area contributed by atoms with Crippen molar-refractivity contribution < 1.29 is 12.8 Å². The van der Waals surface area contributed by atoms with Crippen molar-refractivity contribution in [2.24, 2.45) is 0 Å². The number of hydrogen-bond donors (Lipinski definition) is 2. The second-order valence-electron chi connectivity index (χ2n) is 4.15. The average Bonchev–Trinajstić information content (AvgIpc) is 2.89. The van der Waals surface area contributed by atoms with Gasteiger partial charge in [-0.15, -0.1) is 0 Å². The van der Waals surface area contributed by atoms with E-state index in [4.69, 9.17) is 0 Å². The monoisotopic (exact) mass is 314 g/mol. The molecule has 2 rings (SSSR count). The summed E-state index contributed by atoms with van der Waals surface area (Å²) >= 11 is 1.40. The number of hydrogen-bond acceptors (Lipinski definition) is 4. The van der Waals surface area contributed by atoms with Gasteiger partial charge in [0.2, 0.25) is 0 Å². The summed E-state index contributed by atoms with van der Waals surface area (Å²) in [5.74, 6) is -0.416. The Morgan fingerprint density at radius 1 is 1.30 bits per heavy atom. The zero-order valence-corrected chi connectivity index (χ0v) is 12.5. The minimum atomic E-state index is -3.69. The largest absolute Gasteiger partial charge is 0.313 e. The van der Waals surface area contributed by atoms with Crippen LogP contribution < -0.4 is 10.0 Å². The van der Waals surface area contributed by atoms with Crippen molar-refractivity contribution in [3.05, 3.63) is 46.4 Å². The number of anilines is 1. The van der Waals surface area contributed by atoms with Gasteiger partial charge in [0.05, 0.1) is 10.6 Å². The first-order valence-corrected chi connectivity index (χ1v) is 8.49. The van der Waals surface area contributed by atoms with Gasteiger partial charge in [0.15, 0.2) is 0 Å². The fraction of sp³-hybridized carbons (Fsp3) is 0.231. The zero-order valence-electron chi connectivity index (χ0n) is 10.9. The summed E-state index contributed by atoms with van der Waals surface area (Å²) in [7, 11) is -3.69. The Labute approximate surface area is 121 Å². The summed E-state index contributed by atoms with van der Waals surface area (Å²) in [4.78, 5) is 0.0537. The molecular formula is C13H15FN2O2S2. The van der Waals surface area contributed by atoms with Crippen LogP contribution in [-0.2, 0) is 16.6 Å². The van der Waals surface area contributed by atoms with Crippen molar-refractivity contribution in [3.63, 3.8) is 0 Å². The molecule has 2 aromatic rings. The highest BCUT2D eigenvalue weighted by atomic mass is 32.2. The Bertz CT molecular complexity index is 670. The van der Waals surface area contributed by atoms with Crippen LogP contribution in [0.15, 0.2) is 39.9 Å². The molecule has 0 atom stereocenters. The van der Waals surface area contributed by atoms with Crippen LogP contribution in [0, 0.1) is 5.82 Å². The van der Waals surface area contributed by atoms with Gasteiger partial charge in [-0.1, -0.05) is 6.92 Å². The third kappa shape index (κ3) is 3.56. The van der Waals surface area contributed by atoms with Crippen molar-refractivity contribution in [1.82, 2.24) is 5.32 Å². The minimum absolute atomic E-state index is 0.0537. The third-order valence-electron chi connectivity index (χ3n) is 2.67. The number of rotatable bonds is 6. The second-order valence-corrected chi connectivity index (χ2v) is 6.61. The molecule has 0 saturated carbocycles. The van der Waals surface area contributed by atoms with E-state index in [0.29, 0.717) is 24.3 Å². The van der Waals surface area contributed by atoms with Gasteiger partial charge in [0.25, 0.3) is 10.0 Å². The lowest BCUT2D eigenvalue weighted by Crippen LogP contribution is -2.16. The smallest absolute Gasteiger partial charge is 0.261 e. The van der Waals surface area contributed by atoms with Gasteiger partial charge >= 0.3 is 0 Å². The second kappa shape index (κ2) is 6.34. The van der Waals surface area contributed by atoms with Crippen molar-refractivity contribution in [1.29, 1.82) is 0 Å². The molecule has 1 heterocycles. The van der Waals surface area contributed by atoms with Crippen LogP contribution in [0.4, 0.5) is 10.1 Å². The van der Waals surface area contributed by atoms with E-state index in [-0.39, 0.29) is 4.90 Å². The topological polar surface area (TPSA) is 58.2 Å². The molecule has 0 fully saturated rings. The van der Waals surface area contributed by atoms with Crippen LogP contribution in [0.1, 0.15) is 12.5 Å². The fourth-order valence-corrected chi connectivity index (χ4v) is 3.41. The van der Waals surface area contributed by atoms with E-state index >= 15 is 0 Å². The fourth-order valence-electron chi connectivity index (χ4n) is 1.65. The van der Waals surface area contributed by atoms with Crippen molar-refractivity contribution in [3.8, 4) is 0 Å². The van der Waals surface area contributed by atoms with Crippen molar-refractivity contribution >= 4 is 27.0 Å². The Hall–Kier alpha value is -1.44. The number of halogens is 1. The lowest BCUT2D eigenvalue weighted by atomic mass is 10.2. The number of sulfonamides is 1. The number of thiophene rings is 1. The predicted molar refractivity (Wildman–Crippen MR) is 78.9 cm³/mol. The van der Waals surface area contributed by atoms with E-state index in [1.54, 1.807) is 16.8 Å². The summed E-state index contributed by atoms with van der Waals surface area (Å²) in [5, 5.41) is 6.45. The maximum Gasteiger partial charge on any atom is 0.261 e. The maximum absolute atomic E-state index is 13.6. The molecule has 1 aromatic heterocycles. The van der Waals surface area contributed by atoms with E-state index in [0.717, 1.165) is 0 Å². The van der Waals surface area contributed by atoms with E-state index in [1.807, 2.05) is 6.92 Å². The molecule has 0 aliphatic heterocycles. The zero-order chi connectivity index (χ0) is 14.6. The average molecular weight is 314 g/mol. The summed E-state index contributed by atoms with van der Waals surface area (Å²) in [6.45, 7) is 2.88. The molecule has 1 aromatic carbocycles. The SMILES string of the molecule is CCNCc1cc(S(=O)(=O)Nc2ccsc2)ccc1F. The summed E-state index contributed by atoms with van der Waals surface area (Å²) in [5.41, 5.74) is 0.840. The lowest BCUT2D eigenvalue weighted by molar-refractivity contribution is 0.587. The standard InChI is InChI=1S/C13H15FN2O2S2/c1-2-15-8-10-7-12(3-4-13(10)14)20(17,18)16-11-5-6-19-9-11/h3-7,9,15-16H,2,8H2,1H3. The van der Waals surface area contributed by atoms with E-state index in [2.05, 4.69) is 10.0 Å². The normalized spacial score (nSPS) is 11.5. The van der Waals surface area contributed by atoms with E-state index in [1.165, 1.54) is 29.5 Å². The van der Waals surface area contributed by atoms with Crippen LogP contribution in [0.2, 0.25) is 0 Å². The minimum Gasteiger partial charge on any atom is -0.313 e. The van der Waals surface area contributed by atoms with Gasteiger partial charge in [0.1, 0.15) is 5.82 Å². The van der Waals surface area contributed by atoms with Crippen molar-refractivity contribution in [2.45, 2.75) is 18.4 Å². The molecule has 108 valence electrons. The van der Waals surface area contributed by atoms with Gasteiger partial charge in [-0.25, -0.2) is 12.8 Å². The molecule has 7 heteroatoms. The van der Waals surface area contributed by atoms with Gasteiger partial charge in [0, 0.05) is 17.5 Å². The Kier molecular flexibility index (Phi) is 4.74. The van der Waals surface area contributed by atoms with Crippen LogP contribution in [0.25, 0.3) is 0 Å². The first-order chi connectivity index (χ1) is 9.53. The quantitative estimate of drug-likeness (QED) is 0.862. The molecule has 0 spiro atoms. The molecule has 20 heavy (non-hydrogen) atoms. The first kappa shape index (κ1) is 15.0. The highest BCUT2D eigenvalue weighted by molar-refractivity contribution is 7.92. The van der Waals surface area contributed by atoms with Crippen LogP contribution in [0.5, 0.6) is 0 Å². The highest BCUT2D eigenvalue weighted by Crippen LogP contribution is 2.20. The Morgan fingerprint density at radius 3 is 2.75 bits per heavy atom. The molecular weight excluding hydrogens is 299 g/mol. The Balaban J connectivity index is 2.27. The molecule has 0 unspecified atom stereocenters. The van der Waals surface area contributed by atoms with Crippen LogP contribution >= 0.6 is 11.3 Å². The molecule has 4 nitrogen and oxygen atoms in total. The lowest BCUT2D eigenvalue weighted by Gasteiger charge is -2.09. The van der Waals surface area contributed by atoms with Crippen LogP contribution in [-0.4, -0.2) is 15.0 Å². The van der Waals surface area contributed by atoms with Gasteiger partial charge in [-0.3, -0.25) is 4.72 Å². The Morgan fingerprint density at radius 2 is 2.10 bits per heavy atom. The summed E-state index contributed by atoms with van der Waals surface area (Å²) in [6, 6.07) is 5.46. The third-order valence-corrected chi connectivity index (χ3v) is 4.73. The van der Waals surface area contributed by atoms with Gasteiger partial charge < -0.3 is 5.32 Å². The number of benzene rings is 1. The maximum atomic E-state index is 13.6. The summed E-state index contributed by atoms with van der Waals surface area (Å²) < 4.78 is 40.4. The summed E-state index contributed by atoms with van der Waals surface area (Å²) in [6.07, 6.45) is 0. The van der Waals surface area contributed by atoms with Gasteiger partial charge in [-0.05, 0) is 36.2 Å². The first-order valence-electron chi connectivity index (χ1n) is 6.07. The van der Waals surface area contributed by atoms with E-state index < -0.39 is 15.8 Å². The van der Waals surface area contributed by atoms with Crippen molar-refractivity contribution in [2.75, 3.05) is 11.3 Å². The van der Waals surface area contributed by atoms with E-state index in [9.17, 15) is 12.8 Å². The van der Waals surface area contributed by atoms with Gasteiger partial charge in [-0.2, -0.15) is 11.3 Å². The molecule has 2 N–H and O–H groups in total.